The van der Waals surface area contributed by atoms with E-state index in [-0.39, 0.29) is 11.8 Å². The molecule has 32 heavy (non-hydrogen) atoms. The number of hydrogen-bond acceptors (Lipinski definition) is 6. The van der Waals surface area contributed by atoms with Crippen molar-refractivity contribution in [2.24, 2.45) is 17.3 Å². The summed E-state index contributed by atoms with van der Waals surface area (Å²) < 4.78 is 18.5. The summed E-state index contributed by atoms with van der Waals surface area (Å²) in [5.41, 5.74) is -1.04. The number of benzene rings is 1. The predicted molar refractivity (Wildman–Crippen MR) is 119 cm³/mol. The van der Waals surface area contributed by atoms with Crippen molar-refractivity contribution in [3.8, 4) is 0 Å². The minimum Gasteiger partial charge on any atom is -0.459 e. The molecule has 1 spiro atoms. The molecule has 7 atom stereocenters. The van der Waals surface area contributed by atoms with Crippen LogP contribution >= 0.6 is 0 Å². The van der Waals surface area contributed by atoms with Gasteiger partial charge in [-0.15, -0.1) is 0 Å². The number of carbonyl (C=O) groups excluding carboxylic acids is 2. The molecule has 1 aromatic carbocycles. The van der Waals surface area contributed by atoms with E-state index in [2.05, 4.69) is 20.8 Å². The van der Waals surface area contributed by atoms with Gasteiger partial charge in [0, 0.05) is 13.0 Å². The number of rotatable bonds is 4. The molecule has 174 valence electrons. The number of aliphatic hydroxyl groups excluding tert-OH is 1. The Morgan fingerprint density at radius 1 is 1.12 bits per heavy atom. The highest BCUT2D eigenvalue weighted by Gasteiger charge is 2.74. The van der Waals surface area contributed by atoms with Crippen molar-refractivity contribution in [1.82, 2.24) is 0 Å². The first-order valence-electron chi connectivity index (χ1n) is 11.5. The molecule has 0 radical (unpaired) electrons. The van der Waals surface area contributed by atoms with Crippen LogP contribution in [0.4, 0.5) is 0 Å². The van der Waals surface area contributed by atoms with Crippen LogP contribution in [0.3, 0.4) is 0 Å². The van der Waals surface area contributed by atoms with Gasteiger partial charge in [0.1, 0.15) is 12.2 Å². The number of ether oxygens (including phenoxy) is 3. The minimum atomic E-state index is -0.879. The van der Waals surface area contributed by atoms with E-state index < -0.39 is 46.9 Å². The fourth-order valence-corrected chi connectivity index (χ4v) is 6.47. The zero-order valence-electron chi connectivity index (χ0n) is 19.5. The Bertz CT molecular complexity index is 908. The van der Waals surface area contributed by atoms with Crippen LogP contribution < -0.4 is 0 Å². The Kier molecular flexibility index (Phi) is 5.74. The first kappa shape index (κ1) is 23.0. The molecule has 0 amide bonds. The minimum absolute atomic E-state index is 0.0138. The molecular weight excluding hydrogens is 408 g/mol. The van der Waals surface area contributed by atoms with Gasteiger partial charge in [-0.3, -0.25) is 4.79 Å². The highest BCUT2D eigenvalue weighted by atomic mass is 16.6. The molecule has 0 aromatic heterocycles. The molecule has 2 aliphatic carbocycles. The van der Waals surface area contributed by atoms with Crippen LogP contribution in [0.15, 0.2) is 36.4 Å². The SMILES string of the molecule is CC(=O)O[C@H]1[C@@H](O)C[C@@H](C)[C@@]23C[C@@H](C[C@H](OC(=O)C=Cc4ccccc4)[C@]12C)C(C)(C)O3. The van der Waals surface area contributed by atoms with Gasteiger partial charge in [-0.25, -0.2) is 4.79 Å². The summed E-state index contributed by atoms with van der Waals surface area (Å²) in [6.07, 6.45) is 2.76. The van der Waals surface area contributed by atoms with E-state index in [1.165, 1.54) is 13.0 Å². The number of carbonyl (C=O) groups is 2. The van der Waals surface area contributed by atoms with E-state index in [1.807, 2.05) is 37.3 Å². The van der Waals surface area contributed by atoms with Crippen LogP contribution in [0.1, 0.15) is 59.4 Å². The third-order valence-corrected chi connectivity index (χ3v) is 8.15. The second-order valence-electron chi connectivity index (χ2n) is 10.4. The van der Waals surface area contributed by atoms with Crippen molar-refractivity contribution in [3.05, 3.63) is 42.0 Å². The summed E-state index contributed by atoms with van der Waals surface area (Å²) in [6, 6.07) is 9.55. The molecule has 6 heteroatoms. The Labute approximate surface area is 189 Å². The van der Waals surface area contributed by atoms with Crippen LogP contribution in [0.25, 0.3) is 6.08 Å². The first-order valence-corrected chi connectivity index (χ1v) is 11.5. The topological polar surface area (TPSA) is 82.1 Å². The van der Waals surface area contributed by atoms with Crippen molar-refractivity contribution in [2.75, 3.05) is 0 Å². The van der Waals surface area contributed by atoms with Crippen molar-refractivity contribution in [1.29, 1.82) is 0 Å². The third kappa shape index (κ3) is 3.57. The predicted octanol–water partition coefficient (Wildman–Crippen LogP) is 3.91. The molecule has 0 unspecified atom stereocenters. The molecule has 3 aliphatic rings. The van der Waals surface area contributed by atoms with Gasteiger partial charge in [-0.2, -0.15) is 0 Å². The van der Waals surface area contributed by atoms with Gasteiger partial charge in [0.25, 0.3) is 0 Å². The van der Waals surface area contributed by atoms with Gasteiger partial charge in [-0.1, -0.05) is 37.3 Å². The number of esters is 2. The molecule has 1 aliphatic heterocycles. The van der Waals surface area contributed by atoms with Crippen LogP contribution in [0, 0.1) is 17.3 Å². The van der Waals surface area contributed by atoms with E-state index >= 15 is 0 Å². The van der Waals surface area contributed by atoms with Crippen molar-refractivity contribution >= 4 is 18.0 Å². The molecule has 6 nitrogen and oxygen atoms in total. The fourth-order valence-electron chi connectivity index (χ4n) is 6.47. The van der Waals surface area contributed by atoms with Crippen molar-refractivity contribution in [3.63, 3.8) is 0 Å². The van der Waals surface area contributed by atoms with E-state index in [0.29, 0.717) is 12.8 Å². The normalized spacial score (nSPS) is 40.0. The smallest absolute Gasteiger partial charge is 0.331 e. The molecule has 3 fully saturated rings. The summed E-state index contributed by atoms with van der Waals surface area (Å²) in [5.74, 6) is -0.709. The summed E-state index contributed by atoms with van der Waals surface area (Å²) >= 11 is 0. The maximum atomic E-state index is 12.9. The lowest BCUT2D eigenvalue weighted by atomic mass is 9.49. The molecule has 1 N–H and O–H groups in total. The zero-order chi connectivity index (χ0) is 23.3. The lowest BCUT2D eigenvalue weighted by molar-refractivity contribution is -0.282. The average molecular weight is 443 g/mol. The second kappa shape index (κ2) is 7.99. The van der Waals surface area contributed by atoms with E-state index in [4.69, 9.17) is 14.2 Å². The van der Waals surface area contributed by atoms with Gasteiger partial charge < -0.3 is 19.3 Å². The van der Waals surface area contributed by atoms with Gasteiger partial charge in [0.05, 0.1) is 22.7 Å². The zero-order valence-corrected chi connectivity index (χ0v) is 19.5. The molecule has 2 bridgehead atoms. The van der Waals surface area contributed by atoms with Gasteiger partial charge >= 0.3 is 11.9 Å². The number of hydrogen-bond donors (Lipinski definition) is 1. The van der Waals surface area contributed by atoms with E-state index in [9.17, 15) is 14.7 Å². The summed E-state index contributed by atoms with van der Waals surface area (Å²) in [4.78, 5) is 24.8. The molecule has 4 rings (SSSR count). The van der Waals surface area contributed by atoms with E-state index in [0.717, 1.165) is 12.0 Å². The Morgan fingerprint density at radius 3 is 2.47 bits per heavy atom. The van der Waals surface area contributed by atoms with Gasteiger partial charge in [-0.05, 0) is 63.5 Å². The van der Waals surface area contributed by atoms with Gasteiger partial charge in [0.15, 0.2) is 0 Å². The molecule has 1 aromatic rings. The molecule has 1 saturated heterocycles. The van der Waals surface area contributed by atoms with Crippen LogP contribution in [-0.4, -0.2) is 46.6 Å². The van der Waals surface area contributed by atoms with E-state index in [1.54, 1.807) is 6.08 Å². The van der Waals surface area contributed by atoms with Crippen LogP contribution in [-0.2, 0) is 23.8 Å². The Morgan fingerprint density at radius 2 is 1.81 bits per heavy atom. The van der Waals surface area contributed by atoms with Crippen LogP contribution in [0.5, 0.6) is 0 Å². The monoisotopic (exact) mass is 442 g/mol. The molecule has 2 saturated carbocycles. The quantitative estimate of drug-likeness (QED) is 0.562. The lowest BCUT2D eigenvalue weighted by Crippen LogP contribution is -2.71. The molecule has 1 heterocycles. The third-order valence-electron chi connectivity index (χ3n) is 8.15. The Hall–Kier alpha value is -2.18. The van der Waals surface area contributed by atoms with Crippen molar-refractivity contribution < 1.29 is 28.9 Å². The molecular formula is C26H34O6. The largest absolute Gasteiger partial charge is 0.459 e. The Balaban J connectivity index is 1.70. The maximum absolute atomic E-state index is 12.9. The van der Waals surface area contributed by atoms with Gasteiger partial charge in [0.2, 0.25) is 0 Å². The average Bonchev–Trinajstić information content (AvgIpc) is 2.97. The standard InChI is InChI=1S/C26H34O6/c1-16-13-20(28)23(30-17(2)27)25(5)21(14-19-15-26(16,25)32-24(19,3)4)31-22(29)12-11-18-9-7-6-8-10-18/h6-12,16,19-21,23,28H,13-15H2,1-5H3/t16-,19-,20+,21+,23+,25-,26+/m1/s1. The lowest BCUT2D eigenvalue weighted by Gasteiger charge is -2.61. The number of aliphatic hydroxyl groups is 1. The summed E-state index contributed by atoms with van der Waals surface area (Å²) in [5, 5.41) is 11.0. The van der Waals surface area contributed by atoms with Crippen LogP contribution in [0.2, 0.25) is 0 Å². The fraction of sp³-hybridized carbons (Fsp3) is 0.615. The summed E-state index contributed by atoms with van der Waals surface area (Å²) in [6.45, 7) is 9.52. The highest BCUT2D eigenvalue weighted by Crippen LogP contribution is 2.66. The first-order chi connectivity index (χ1) is 15.0. The van der Waals surface area contributed by atoms with Crippen molar-refractivity contribution in [2.45, 2.75) is 83.4 Å². The summed E-state index contributed by atoms with van der Waals surface area (Å²) in [7, 11) is 0. The second-order valence-corrected chi connectivity index (χ2v) is 10.4. The number of fused-ring (bicyclic) bond motifs is 1. The highest BCUT2D eigenvalue weighted by molar-refractivity contribution is 5.87. The maximum Gasteiger partial charge on any atom is 0.331 e.